The molecule has 32 heavy (non-hydrogen) atoms. The van der Waals surface area contributed by atoms with E-state index in [1.54, 1.807) is 36.4 Å². The molecule has 3 aliphatic rings. The largest absolute Gasteiger partial charge is 0.292 e. The van der Waals surface area contributed by atoms with Crippen molar-refractivity contribution in [2.24, 2.45) is 23.7 Å². The number of imide groups is 1. The molecule has 1 aliphatic heterocycles. The van der Waals surface area contributed by atoms with Gasteiger partial charge < -0.3 is 0 Å². The summed E-state index contributed by atoms with van der Waals surface area (Å²) >= 11 is 5.95. The minimum Gasteiger partial charge on any atom is -0.292 e. The van der Waals surface area contributed by atoms with Crippen molar-refractivity contribution in [3.8, 4) is 0 Å². The van der Waals surface area contributed by atoms with Crippen molar-refractivity contribution in [2.45, 2.75) is 13.3 Å². The van der Waals surface area contributed by atoms with Gasteiger partial charge in [-0.1, -0.05) is 53.6 Å². The van der Waals surface area contributed by atoms with Crippen LogP contribution >= 0.6 is 11.6 Å². The van der Waals surface area contributed by atoms with Crippen LogP contribution in [0.5, 0.6) is 0 Å². The van der Waals surface area contributed by atoms with Gasteiger partial charge in [-0.2, -0.15) is 5.01 Å². The Morgan fingerprint density at radius 2 is 1.44 bits per heavy atom. The highest BCUT2D eigenvalue weighted by Crippen LogP contribution is 2.52. The molecule has 2 aliphatic carbocycles. The average molecular weight is 449 g/mol. The number of benzene rings is 2. The van der Waals surface area contributed by atoms with E-state index in [0.717, 1.165) is 22.0 Å². The molecule has 2 fully saturated rings. The molecule has 2 aromatic carbocycles. The number of ketones is 1. The number of allylic oxidation sites excluding steroid dienone is 2. The lowest BCUT2D eigenvalue weighted by molar-refractivity contribution is -0.154. The molecule has 7 heteroatoms. The fraction of sp³-hybridized carbons (Fsp3) is 0.280. The first-order valence-corrected chi connectivity index (χ1v) is 11.0. The first kappa shape index (κ1) is 20.6. The van der Waals surface area contributed by atoms with Gasteiger partial charge in [0.15, 0.2) is 5.78 Å². The second-order valence-electron chi connectivity index (χ2n) is 8.65. The highest BCUT2D eigenvalue weighted by atomic mass is 35.5. The first-order valence-electron chi connectivity index (χ1n) is 10.6. The van der Waals surface area contributed by atoms with E-state index in [0.29, 0.717) is 10.6 Å². The summed E-state index contributed by atoms with van der Waals surface area (Å²) in [6.45, 7) is 1.50. The van der Waals surface area contributed by atoms with Gasteiger partial charge in [0.2, 0.25) is 0 Å². The van der Waals surface area contributed by atoms with Crippen LogP contribution in [0.3, 0.4) is 0 Å². The van der Waals surface area contributed by atoms with Gasteiger partial charge in [0, 0.05) is 16.1 Å². The number of aryl methyl sites for hydroxylation is 1. The highest BCUT2D eigenvalue weighted by Gasteiger charge is 2.61. The van der Waals surface area contributed by atoms with Crippen molar-refractivity contribution in [3.63, 3.8) is 0 Å². The number of Topliss-reactive ketones (excluding diaryl/α,β-unsaturated/α-hetero) is 1. The number of rotatable bonds is 5. The van der Waals surface area contributed by atoms with E-state index < -0.39 is 36.1 Å². The van der Waals surface area contributed by atoms with E-state index in [-0.39, 0.29) is 23.2 Å². The summed E-state index contributed by atoms with van der Waals surface area (Å²) in [7, 11) is 0. The quantitative estimate of drug-likeness (QED) is 0.397. The Balaban J connectivity index is 1.49. The van der Waals surface area contributed by atoms with Crippen LogP contribution in [0.15, 0.2) is 60.7 Å². The monoisotopic (exact) mass is 448 g/mol. The lowest BCUT2D eigenvalue weighted by Crippen LogP contribution is -2.52. The number of hydrogen-bond acceptors (Lipinski definition) is 4. The van der Waals surface area contributed by atoms with Gasteiger partial charge >= 0.3 is 0 Å². The number of hydrogen-bond donors (Lipinski definition) is 0. The van der Waals surface area contributed by atoms with Crippen molar-refractivity contribution in [1.29, 1.82) is 0 Å². The minimum atomic E-state index is -0.593. The molecule has 6 nitrogen and oxygen atoms in total. The van der Waals surface area contributed by atoms with E-state index in [2.05, 4.69) is 0 Å². The van der Waals surface area contributed by atoms with Gasteiger partial charge in [0.25, 0.3) is 17.7 Å². The minimum absolute atomic E-state index is 0.00624. The summed E-state index contributed by atoms with van der Waals surface area (Å²) in [5.41, 5.74) is 1.65. The molecule has 4 atom stereocenters. The summed E-state index contributed by atoms with van der Waals surface area (Å²) in [4.78, 5) is 53.1. The average Bonchev–Trinajstić information content (AvgIpc) is 3.47. The lowest BCUT2D eigenvalue weighted by Gasteiger charge is -2.30. The molecular formula is C25H21ClN2O4. The Labute approximate surface area is 190 Å². The van der Waals surface area contributed by atoms with Crippen molar-refractivity contribution in [3.05, 3.63) is 82.4 Å². The van der Waals surface area contributed by atoms with Crippen LogP contribution in [0.25, 0.3) is 0 Å². The summed E-state index contributed by atoms with van der Waals surface area (Å²) in [6.07, 6.45) is 4.76. The zero-order valence-electron chi connectivity index (χ0n) is 17.4. The van der Waals surface area contributed by atoms with Crippen LogP contribution < -0.4 is 0 Å². The van der Waals surface area contributed by atoms with Crippen molar-refractivity contribution in [1.82, 2.24) is 10.0 Å². The molecule has 0 radical (unpaired) electrons. The SMILES string of the molecule is Cc1ccc(C(=O)CN(C(=O)c2ccc(Cl)cc2)N2C(=O)[C@H]3[C@H](C2=O)[C@H]2C=C[C@H]3C2)cc1. The molecule has 3 amide bonds. The van der Waals surface area contributed by atoms with E-state index in [1.807, 2.05) is 19.1 Å². The Bertz CT molecular complexity index is 1130. The normalized spacial score (nSPS) is 25.4. The molecule has 0 N–H and O–H groups in total. The Hall–Kier alpha value is -3.25. The maximum Gasteiger partial charge on any atom is 0.273 e. The maximum atomic E-state index is 13.4. The number of hydrazine groups is 1. The standard InChI is InChI=1S/C25H21ClN2O4/c1-14-2-4-15(5-3-14)20(29)13-27(23(30)16-8-10-19(26)11-9-16)28-24(31)21-17-6-7-18(12-17)22(21)25(28)32/h2-11,17-18,21-22H,12-13H2,1H3/t17-,18-,21+,22+/m0/s1. The predicted molar refractivity (Wildman–Crippen MR) is 118 cm³/mol. The third-order valence-corrected chi connectivity index (χ3v) is 6.93. The molecule has 0 spiro atoms. The molecular weight excluding hydrogens is 428 g/mol. The molecule has 0 aromatic heterocycles. The van der Waals surface area contributed by atoms with Crippen LogP contribution in [0, 0.1) is 30.6 Å². The summed E-state index contributed by atoms with van der Waals surface area (Å²) in [5.74, 6) is -2.68. The molecule has 2 bridgehead atoms. The molecule has 162 valence electrons. The summed E-state index contributed by atoms with van der Waals surface area (Å²) < 4.78 is 0. The van der Waals surface area contributed by atoms with Crippen molar-refractivity contribution >= 4 is 35.1 Å². The number of fused-ring (bicyclic) bond motifs is 5. The number of halogens is 1. The third-order valence-electron chi connectivity index (χ3n) is 6.68. The van der Waals surface area contributed by atoms with Gasteiger partial charge in [-0.05, 0) is 49.4 Å². The Morgan fingerprint density at radius 1 is 0.906 bits per heavy atom. The van der Waals surface area contributed by atoms with E-state index in [1.165, 1.54) is 12.1 Å². The Kier molecular flexibility index (Phi) is 4.97. The molecule has 1 saturated heterocycles. The number of carbonyl (C=O) groups excluding carboxylic acids is 4. The first-order chi connectivity index (χ1) is 15.3. The fourth-order valence-corrected chi connectivity index (χ4v) is 5.19. The lowest BCUT2D eigenvalue weighted by atomic mass is 9.85. The van der Waals surface area contributed by atoms with Gasteiger partial charge in [0.1, 0.15) is 6.54 Å². The third kappa shape index (κ3) is 3.26. The van der Waals surface area contributed by atoms with Crippen LogP contribution in [-0.2, 0) is 9.59 Å². The molecule has 0 unspecified atom stereocenters. The van der Waals surface area contributed by atoms with Crippen LogP contribution in [0.1, 0.15) is 32.7 Å². The smallest absolute Gasteiger partial charge is 0.273 e. The number of carbonyl (C=O) groups is 4. The Morgan fingerprint density at radius 3 is 2.00 bits per heavy atom. The summed E-state index contributed by atoms with van der Waals surface area (Å²) in [5, 5.41) is 2.38. The van der Waals surface area contributed by atoms with Crippen molar-refractivity contribution < 1.29 is 19.2 Å². The molecule has 2 aromatic rings. The van der Waals surface area contributed by atoms with Gasteiger partial charge in [0.05, 0.1) is 11.8 Å². The molecule has 1 saturated carbocycles. The van der Waals surface area contributed by atoms with E-state index >= 15 is 0 Å². The molecule has 1 heterocycles. The van der Waals surface area contributed by atoms with Gasteiger partial charge in [-0.25, -0.2) is 5.01 Å². The maximum absolute atomic E-state index is 13.4. The number of nitrogens with zero attached hydrogens (tertiary/aromatic N) is 2. The van der Waals surface area contributed by atoms with Crippen LogP contribution in [-0.4, -0.2) is 40.1 Å². The molecule has 5 rings (SSSR count). The predicted octanol–water partition coefficient (Wildman–Crippen LogP) is 3.70. The van der Waals surface area contributed by atoms with E-state index in [9.17, 15) is 19.2 Å². The zero-order valence-corrected chi connectivity index (χ0v) is 18.2. The van der Waals surface area contributed by atoms with Crippen molar-refractivity contribution in [2.75, 3.05) is 6.54 Å². The van der Waals surface area contributed by atoms with Crippen LogP contribution in [0.2, 0.25) is 5.02 Å². The topological polar surface area (TPSA) is 74.8 Å². The zero-order chi connectivity index (χ0) is 22.6. The van der Waals surface area contributed by atoms with E-state index in [4.69, 9.17) is 11.6 Å². The highest BCUT2D eigenvalue weighted by molar-refractivity contribution is 6.30. The fourth-order valence-electron chi connectivity index (χ4n) is 5.07. The second kappa shape index (κ2) is 7.71. The van der Waals surface area contributed by atoms with Gasteiger partial charge in [-0.15, -0.1) is 0 Å². The summed E-state index contributed by atoms with van der Waals surface area (Å²) in [6, 6.07) is 13.1. The van der Waals surface area contributed by atoms with Crippen LogP contribution in [0.4, 0.5) is 0 Å². The number of amides is 3. The second-order valence-corrected chi connectivity index (χ2v) is 9.08. The van der Waals surface area contributed by atoms with Gasteiger partial charge in [-0.3, -0.25) is 19.2 Å².